The third kappa shape index (κ3) is 2.39. The topological polar surface area (TPSA) is 89.7 Å². The maximum absolute atomic E-state index is 12.8. The number of hydrogen-bond acceptors (Lipinski definition) is 4. The first kappa shape index (κ1) is 14.4. The molecule has 0 aliphatic carbocycles. The first-order valence-corrected chi connectivity index (χ1v) is 8.07. The van der Waals surface area contributed by atoms with Gasteiger partial charge in [-0.2, -0.15) is 0 Å². The summed E-state index contributed by atoms with van der Waals surface area (Å²) in [5.41, 5.74) is 5.68. The van der Waals surface area contributed by atoms with Crippen LogP contribution in [0.1, 0.15) is 0 Å². The molecule has 6 nitrogen and oxygen atoms in total. The Morgan fingerprint density at radius 1 is 1.09 bits per heavy atom. The Hall–Kier alpha value is -2.54. The highest BCUT2D eigenvalue weighted by atomic mass is 32.2. The van der Waals surface area contributed by atoms with E-state index in [1.54, 1.807) is 42.5 Å². The Labute approximate surface area is 128 Å². The van der Waals surface area contributed by atoms with E-state index < -0.39 is 22.0 Å². The molecule has 1 aliphatic heterocycles. The number of fused-ring (bicyclic) bond motifs is 1. The van der Waals surface area contributed by atoms with Gasteiger partial charge in [0.25, 0.3) is 15.9 Å². The van der Waals surface area contributed by atoms with Crippen LogP contribution in [0.3, 0.4) is 0 Å². The third-order valence-corrected chi connectivity index (χ3v) is 5.18. The van der Waals surface area contributed by atoms with Gasteiger partial charge >= 0.3 is 0 Å². The van der Waals surface area contributed by atoms with Gasteiger partial charge < -0.3 is 10.5 Å². The summed E-state index contributed by atoms with van der Waals surface area (Å²) in [6, 6.07) is 14.7. The molecule has 0 aromatic heterocycles. The molecule has 7 heteroatoms. The Kier molecular flexibility index (Phi) is 3.50. The Morgan fingerprint density at radius 3 is 2.41 bits per heavy atom. The summed E-state index contributed by atoms with van der Waals surface area (Å²) in [6.07, 6.45) is -1.02. The van der Waals surface area contributed by atoms with Crippen LogP contribution < -0.4 is 14.8 Å². The average Bonchev–Trinajstić information content (AvgIpc) is 2.54. The van der Waals surface area contributed by atoms with Gasteiger partial charge in [-0.05, 0) is 24.3 Å². The van der Waals surface area contributed by atoms with Crippen molar-refractivity contribution >= 4 is 21.6 Å². The molecule has 0 bridgehead atoms. The molecule has 1 aliphatic rings. The maximum atomic E-state index is 12.8. The minimum atomic E-state index is -3.80. The molecule has 0 fully saturated rings. The predicted molar refractivity (Wildman–Crippen MR) is 81.0 cm³/mol. The van der Waals surface area contributed by atoms with E-state index in [0.29, 0.717) is 11.4 Å². The average molecular weight is 318 g/mol. The zero-order valence-corrected chi connectivity index (χ0v) is 12.4. The van der Waals surface area contributed by atoms with Crippen molar-refractivity contribution in [2.75, 3.05) is 10.8 Å². The number of ether oxygens (including phenoxy) is 1. The molecule has 2 aromatic carbocycles. The van der Waals surface area contributed by atoms with Crippen molar-refractivity contribution in [2.24, 2.45) is 5.73 Å². The van der Waals surface area contributed by atoms with E-state index >= 15 is 0 Å². The zero-order chi connectivity index (χ0) is 15.7. The number of anilines is 1. The van der Waals surface area contributed by atoms with Crippen LogP contribution in [0.15, 0.2) is 59.5 Å². The minimum absolute atomic E-state index is 0.148. The fourth-order valence-corrected chi connectivity index (χ4v) is 3.79. The molecular weight excluding hydrogens is 304 g/mol. The first-order chi connectivity index (χ1) is 10.5. The molecule has 0 unspecified atom stereocenters. The minimum Gasteiger partial charge on any atom is -0.476 e. The van der Waals surface area contributed by atoms with E-state index in [1.165, 1.54) is 12.1 Å². The molecule has 0 spiro atoms. The lowest BCUT2D eigenvalue weighted by Crippen LogP contribution is -2.49. The van der Waals surface area contributed by atoms with Crippen LogP contribution in [-0.2, 0) is 14.8 Å². The number of nitrogens with two attached hydrogens (primary N) is 1. The summed E-state index contributed by atoms with van der Waals surface area (Å²) in [6.45, 7) is -0.149. The Morgan fingerprint density at radius 2 is 1.73 bits per heavy atom. The van der Waals surface area contributed by atoms with Crippen LogP contribution in [0.5, 0.6) is 5.75 Å². The van der Waals surface area contributed by atoms with Crippen molar-refractivity contribution in [3.05, 3.63) is 54.6 Å². The largest absolute Gasteiger partial charge is 0.476 e. The van der Waals surface area contributed by atoms with Crippen LogP contribution in [0.25, 0.3) is 0 Å². The van der Waals surface area contributed by atoms with Crippen LogP contribution >= 0.6 is 0 Å². The van der Waals surface area contributed by atoms with Crippen molar-refractivity contribution in [3.63, 3.8) is 0 Å². The highest BCUT2D eigenvalue weighted by Gasteiger charge is 2.36. The summed E-state index contributed by atoms with van der Waals surface area (Å²) >= 11 is 0. The maximum Gasteiger partial charge on any atom is 0.264 e. The van der Waals surface area contributed by atoms with Gasteiger partial charge in [-0.15, -0.1) is 0 Å². The standard InChI is InChI=1S/C15H14N2O4S/c16-15(18)14-10-17(12-8-4-5-9-13(12)21-14)22(19,20)11-6-2-1-3-7-11/h1-9,14H,10H2,(H2,16,18)/t14-/m1/s1. The van der Waals surface area contributed by atoms with Gasteiger partial charge in [0.05, 0.1) is 17.1 Å². The number of carbonyl (C=O) groups excluding carboxylic acids is 1. The number of carbonyl (C=O) groups is 1. The van der Waals surface area contributed by atoms with Gasteiger partial charge in [-0.1, -0.05) is 30.3 Å². The fraction of sp³-hybridized carbons (Fsp3) is 0.133. The normalized spacial score (nSPS) is 17.5. The number of rotatable bonds is 3. The van der Waals surface area contributed by atoms with E-state index in [9.17, 15) is 13.2 Å². The molecule has 2 N–H and O–H groups in total. The van der Waals surface area contributed by atoms with E-state index in [-0.39, 0.29) is 11.4 Å². The molecule has 0 radical (unpaired) electrons. The molecule has 3 rings (SSSR count). The van der Waals surface area contributed by atoms with Gasteiger partial charge in [-0.3, -0.25) is 9.10 Å². The number of para-hydroxylation sites is 2. The van der Waals surface area contributed by atoms with Crippen LogP contribution in [0.2, 0.25) is 0 Å². The molecule has 1 heterocycles. The lowest BCUT2D eigenvalue weighted by atomic mass is 10.2. The summed E-state index contributed by atoms with van der Waals surface area (Å²) in [4.78, 5) is 11.6. The summed E-state index contributed by atoms with van der Waals surface area (Å²) < 4.78 is 32.3. The molecule has 114 valence electrons. The molecule has 0 saturated heterocycles. The SMILES string of the molecule is NC(=O)[C@H]1CN(S(=O)(=O)c2ccccc2)c2ccccc2O1. The lowest BCUT2D eigenvalue weighted by molar-refractivity contribution is -0.124. The lowest BCUT2D eigenvalue weighted by Gasteiger charge is -2.34. The second kappa shape index (κ2) is 5.34. The van der Waals surface area contributed by atoms with Crippen molar-refractivity contribution < 1.29 is 17.9 Å². The summed E-state index contributed by atoms with van der Waals surface area (Å²) in [5.74, 6) is -0.389. The van der Waals surface area contributed by atoms with Crippen LogP contribution in [0.4, 0.5) is 5.69 Å². The first-order valence-electron chi connectivity index (χ1n) is 6.63. The number of hydrogen-bond donors (Lipinski definition) is 1. The monoisotopic (exact) mass is 318 g/mol. The molecule has 0 saturated carbocycles. The smallest absolute Gasteiger partial charge is 0.264 e. The van der Waals surface area contributed by atoms with Crippen molar-refractivity contribution in [1.29, 1.82) is 0 Å². The van der Waals surface area contributed by atoms with Gasteiger partial charge in [-0.25, -0.2) is 8.42 Å². The van der Waals surface area contributed by atoms with Gasteiger partial charge in [0.2, 0.25) is 0 Å². The highest BCUT2D eigenvalue weighted by molar-refractivity contribution is 7.92. The zero-order valence-electron chi connectivity index (χ0n) is 11.5. The van der Waals surface area contributed by atoms with E-state index in [4.69, 9.17) is 10.5 Å². The van der Waals surface area contributed by atoms with E-state index in [2.05, 4.69) is 0 Å². The number of benzene rings is 2. The molecule has 1 atom stereocenters. The highest BCUT2D eigenvalue weighted by Crippen LogP contribution is 2.36. The molecule has 2 aromatic rings. The van der Waals surface area contributed by atoms with Gasteiger partial charge in [0.15, 0.2) is 6.10 Å². The second-order valence-corrected chi connectivity index (χ2v) is 6.69. The quantitative estimate of drug-likeness (QED) is 0.918. The Bertz CT molecular complexity index is 805. The van der Waals surface area contributed by atoms with Gasteiger partial charge in [0, 0.05) is 0 Å². The van der Waals surface area contributed by atoms with E-state index in [1.807, 2.05) is 0 Å². The number of sulfonamides is 1. The fourth-order valence-electron chi connectivity index (χ4n) is 2.30. The number of nitrogens with zero attached hydrogens (tertiary/aromatic N) is 1. The van der Waals surface area contributed by atoms with Crippen molar-refractivity contribution in [2.45, 2.75) is 11.0 Å². The van der Waals surface area contributed by atoms with Crippen molar-refractivity contribution in [3.8, 4) is 5.75 Å². The second-order valence-electron chi connectivity index (χ2n) is 4.83. The molecule has 22 heavy (non-hydrogen) atoms. The van der Waals surface area contributed by atoms with Crippen molar-refractivity contribution in [1.82, 2.24) is 0 Å². The van der Waals surface area contributed by atoms with Crippen LogP contribution in [-0.4, -0.2) is 27.0 Å². The summed E-state index contributed by atoms with van der Waals surface area (Å²) in [7, 11) is -3.80. The molecule has 1 amide bonds. The predicted octanol–water partition coefficient (Wildman–Crippen LogP) is 1.13. The Balaban J connectivity index is 2.11. The molecular formula is C15H14N2O4S. The summed E-state index contributed by atoms with van der Waals surface area (Å²) in [5, 5.41) is 0. The number of primary amides is 1. The third-order valence-electron chi connectivity index (χ3n) is 3.38. The van der Waals surface area contributed by atoms with Crippen LogP contribution in [0, 0.1) is 0 Å². The number of amides is 1. The van der Waals surface area contributed by atoms with E-state index in [0.717, 1.165) is 4.31 Å². The van der Waals surface area contributed by atoms with Gasteiger partial charge in [0.1, 0.15) is 5.75 Å².